The van der Waals surface area contributed by atoms with Crippen LogP contribution in [-0.2, 0) is 4.79 Å². The van der Waals surface area contributed by atoms with E-state index in [4.69, 9.17) is 0 Å². The van der Waals surface area contributed by atoms with Crippen molar-refractivity contribution in [1.82, 2.24) is 9.97 Å². The number of para-hydroxylation sites is 1. The summed E-state index contributed by atoms with van der Waals surface area (Å²) in [4.78, 5) is 45.7. The zero-order chi connectivity index (χ0) is 20.7. The molecule has 1 aromatic carbocycles. The molecule has 1 fully saturated rings. The molecule has 2 aliphatic rings. The number of benzene rings is 1. The molecule has 0 spiro atoms. The van der Waals surface area contributed by atoms with Gasteiger partial charge in [0.05, 0.1) is 10.5 Å². The maximum atomic E-state index is 13.0. The number of aromatic amines is 1. The summed E-state index contributed by atoms with van der Waals surface area (Å²) in [6.45, 7) is 5.86. The molecule has 3 atom stereocenters. The van der Waals surface area contributed by atoms with E-state index in [9.17, 15) is 19.7 Å². The Morgan fingerprint density at radius 2 is 1.86 bits per heavy atom. The van der Waals surface area contributed by atoms with Crippen LogP contribution in [0.3, 0.4) is 0 Å². The van der Waals surface area contributed by atoms with Gasteiger partial charge in [-0.05, 0) is 18.3 Å². The third kappa shape index (κ3) is 3.59. The van der Waals surface area contributed by atoms with Gasteiger partial charge in [-0.3, -0.25) is 24.7 Å². The van der Waals surface area contributed by atoms with Crippen molar-refractivity contribution >= 4 is 23.4 Å². The van der Waals surface area contributed by atoms with E-state index >= 15 is 0 Å². The molecular weight excluding hydrogens is 374 g/mol. The first-order valence-electron chi connectivity index (χ1n) is 9.75. The molecule has 0 radical (unpaired) electrons. The molecule has 2 N–H and O–H groups in total. The van der Waals surface area contributed by atoms with Crippen molar-refractivity contribution in [2.75, 3.05) is 23.3 Å². The molecular formula is C20H23N5O4. The fourth-order valence-corrected chi connectivity index (χ4v) is 4.56. The van der Waals surface area contributed by atoms with Crippen molar-refractivity contribution in [3.8, 4) is 0 Å². The molecule has 1 aromatic heterocycles. The number of nitrogens with zero attached hydrogens (tertiary/aromatic N) is 3. The van der Waals surface area contributed by atoms with Gasteiger partial charge in [-0.25, -0.2) is 0 Å². The first kappa shape index (κ1) is 19.1. The highest BCUT2D eigenvalue weighted by molar-refractivity contribution is 5.94. The first-order valence-corrected chi connectivity index (χ1v) is 9.75. The monoisotopic (exact) mass is 397 g/mol. The van der Waals surface area contributed by atoms with Crippen LogP contribution < -0.4 is 15.8 Å². The molecule has 152 valence electrons. The van der Waals surface area contributed by atoms with Gasteiger partial charge in [-0.2, -0.15) is 4.98 Å². The van der Waals surface area contributed by atoms with Gasteiger partial charge in [0, 0.05) is 37.1 Å². The van der Waals surface area contributed by atoms with Crippen molar-refractivity contribution in [3.05, 3.63) is 55.9 Å². The van der Waals surface area contributed by atoms with Crippen LogP contribution in [0.1, 0.15) is 43.7 Å². The lowest BCUT2D eigenvalue weighted by Crippen LogP contribution is -2.41. The number of aromatic nitrogens is 2. The average Bonchev–Trinajstić information content (AvgIpc) is 2.66. The number of H-pyrrole nitrogens is 1. The van der Waals surface area contributed by atoms with E-state index in [1.807, 2.05) is 4.90 Å². The maximum Gasteiger partial charge on any atom is 0.273 e. The van der Waals surface area contributed by atoms with Crippen LogP contribution >= 0.6 is 0 Å². The third-order valence-corrected chi connectivity index (χ3v) is 5.62. The second kappa shape index (κ2) is 7.31. The summed E-state index contributed by atoms with van der Waals surface area (Å²) in [7, 11) is 0. The minimum Gasteiger partial charge on any atom is -0.342 e. The van der Waals surface area contributed by atoms with Gasteiger partial charge in [0.15, 0.2) is 0 Å². The molecule has 4 rings (SSSR count). The molecule has 1 amide bonds. The minimum atomic E-state index is -0.718. The zero-order valence-corrected chi connectivity index (χ0v) is 16.3. The second-order valence-corrected chi connectivity index (χ2v) is 8.12. The van der Waals surface area contributed by atoms with Crippen LogP contribution in [-0.4, -0.2) is 33.9 Å². The summed E-state index contributed by atoms with van der Waals surface area (Å²) in [6.07, 6.45) is 1.07. The van der Waals surface area contributed by atoms with Crippen LogP contribution in [0, 0.1) is 22.0 Å². The van der Waals surface area contributed by atoms with Crippen LogP contribution in [0.4, 0.5) is 17.5 Å². The van der Waals surface area contributed by atoms with Gasteiger partial charge in [-0.1, -0.05) is 32.0 Å². The number of amides is 1. The molecule has 29 heavy (non-hydrogen) atoms. The predicted octanol–water partition coefficient (Wildman–Crippen LogP) is 2.63. The van der Waals surface area contributed by atoms with Crippen molar-refractivity contribution in [3.63, 3.8) is 0 Å². The Morgan fingerprint density at radius 1 is 1.17 bits per heavy atom. The summed E-state index contributed by atoms with van der Waals surface area (Å²) < 4.78 is 0. The number of nitro groups is 1. The highest BCUT2D eigenvalue weighted by Gasteiger charge is 2.35. The Bertz CT molecular complexity index is 1020. The van der Waals surface area contributed by atoms with Gasteiger partial charge in [0.25, 0.3) is 11.2 Å². The fraction of sp³-hybridized carbons (Fsp3) is 0.450. The van der Waals surface area contributed by atoms with Crippen molar-refractivity contribution < 1.29 is 9.72 Å². The number of piperidine rings is 1. The summed E-state index contributed by atoms with van der Waals surface area (Å²) in [5.41, 5.74) is 0.119. The molecule has 0 bridgehead atoms. The third-order valence-electron chi connectivity index (χ3n) is 5.62. The highest BCUT2D eigenvalue weighted by Crippen LogP contribution is 2.38. The molecule has 3 unspecified atom stereocenters. The van der Waals surface area contributed by atoms with Crippen LogP contribution in [0.2, 0.25) is 0 Å². The Kier molecular flexibility index (Phi) is 4.81. The van der Waals surface area contributed by atoms with E-state index in [0.717, 1.165) is 19.5 Å². The molecule has 0 saturated carbocycles. The number of hydrogen-bond acceptors (Lipinski definition) is 6. The zero-order valence-electron chi connectivity index (χ0n) is 16.3. The van der Waals surface area contributed by atoms with E-state index in [2.05, 4.69) is 29.1 Å². The smallest absolute Gasteiger partial charge is 0.273 e. The van der Waals surface area contributed by atoms with E-state index in [1.165, 1.54) is 6.07 Å². The quantitative estimate of drug-likeness (QED) is 0.607. The molecule has 3 heterocycles. The number of anilines is 2. The molecule has 0 aliphatic carbocycles. The van der Waals surface area contributed by atoms with E-state index in [-0.39, 0.29) is 35.0 Å². The molecule has 2 aromatic rings. The number of rotatable bonds is 3. The number of carbonyl (C=O) groups excluding carboxylic acids is 1. The normalized spacial score (nSPS) is 24.0. The lowest BCUT2D eigenvalue weighted by Gasteiger charge is -2.36. The Balaban J connectivity index is 1.80. The maximum absolute atomic E-state index is 13.0. The van der Waals surface area contributed by atoms with Gasteiger partial charge >= 0.3 is 0 Å². The largest absolute Gasteiger partial charge is 0.342 e. The van der Waals surface area contributed by atoms with Crippen LogP contribution in [0.15, 0.2) is 29.1 Å². The number of nitrogens with one attached hydrogen (secondary N) is 2. The predicted molar refractivity (Wildman–Crippen MR) is 108 cm³/mol. The number of fused-ring (bicyclic) bond motifs is 1. The lowest BCUT2D eigenvalue weighted by molar-refractivity contribution is -0.385. The summed E-state index contributed by atoms with van der Waals surface area (Å²) in [5, 5.41) is 14.1. The summed E-state index contributed by atoms with van der Waals surface area (Å²) in [5.74, 6) is 0.517. The molecule has 2 aliphatic heterocycles. The first-order chi connectivity index (χ1) is 13.8. The van der Waals surface area contributed by atoms with Gasteiger partial charge in [-0.15, -0.1) is 0 Å². The minimum absolute atomic E-state index is 0.0419. The Labute approximate surface area is 167 Å². The molecule has 9 heteroatoms. The Hall–Kier alpha value is -3.23. The highest BCUT2D eigenvalue weighted by atomic mass is 16.6. The lowest BCUT2D eigenvalue weighted by atomic mass is 9.86. The molecule has 1 saturated heterocycles. The van der Waals surface area contributed by atoms with Crippen molar-refractivity contribution in [1.29, 1.82) is 0 Å². The van der Waals surface area contributed by atoms with Gasteiger partial charge in [0.1, 0.15) is 5.82 Å². The molecule has 9 nitrogen and oxygen atoms in total. The average molecular weight is 397 g/mol. The second-order valence-electron chi connectivity index (χ2n) is 8.12. The number of nitro benzene ring substituents is 1. The van der Waals surface area contributed by atoms with Gasteiger partial charge < -0.3 is 10.2 Å². The van der Waals surface area contributed by atoms with Crippen molar-refractivity contribution in [2.24, 2.45) is 11.8 Å². The summed E-state index contributed by atoms with van der Waals surface area (Å²) >= 11 is 0. The number of hydrogen-bond donors (Lipinski definition) is 2. The standard InChI is InChI=1S/C20H23N5O4/c1-11-7-12(2)10-24(9-11)20-22-18-17(19(27)23-20)14(8-16(26)21-18)13-5-3-4-6-15(13)25(28)29/h3-6,11-12,14H,7-10H2,1-2H3,(H2,21,22,23,26,27). The van der Waals surface area contributed by atoms with E-state index in [0.29, 0.717) is 23.3 Å². The van der Waals surface area contributed by atoms with Crippen molar-refractivity contribution in [2.45, 2.75) is 32.6 Å². The number of carbonyl (C=O) groups is 1. The Morgan fingerprint density at radius 3 is 2.55 bits per heavy atom. The van der Waals surface area contributed by atoms with Crippen LogP contribution in [0.25, 0.3) is 0 Å². The summed E-state index contributed by atoms with van der Waals surface area (Å²) in [6, 6.07) is 6.21. The van der Waals surface area contributed by atoms with E-state index < -0.39 is 10.8 Å². The van der Waals surface area contributed by atoms with E-state index in [1.54, 1.807) is 18.2 Å². The topological polar surface area (TPSA) is 121 Å². The van der Waals surface area contributed by atoms with Gasteiger partial charge in [0.2, 0.25) is 11.9 Å². The SMILES string of the molecule is CC1CC(C)CN(c2nc3c(c(=O)[nH]2)C(c2ccccc2[N+](=O)[O-])CC(=O)N3)C1. The fourth-order valence-electron chi connectivity index (χ4n) is 4.56. The van der Waals surface area contributed by atoms with Crippen LogP contribution in [0.5, 0.6) is 0 Å².